The number of aryl methyl sites for hydroxylation is 3. The molecule has 31 heavy (non-hydrogen) atoms. The van der Waals surface area contributed by atoms with Gasteiger partial charge in [0.1, 0.15) is 12.1 Å². The summed E-state index contributed by atoms with van der Waals surface area (Å²) in [4.78, 5) is 43.5. The molecule has 9 heteroatoms. The molecule has 9 nitrogen and oxygen atoms in total. The van der Waals surface area contributed by atoms with Crippen LogP contribution in [0.5, 0.6) is 0 Å². The molecule has 0 aliphatic carbocycles. The summed E-state index contributed by atoms with van der Waals surface area (Å²) in [5.41, 5.74) is 2.28. The van der Waals surface area contributed by atoms with Crippen LogP contribution in [0.4, 0.5) is 5.69 Å². The number of hydrogen-bond donors (Lipinski definition) is 1. The maximum Gasteiger partial charge on any atom is 0.331 e. The van der Waals surface area contributed by atoms with Crippen molar-refractivity contribution in [3.05, 3.63) is 61.7 Å². The summed E-state index contributed by atoms with van der Waals surface area (Å²) in [5.74, 6) is 0.132. The quantitative estimate of drug-likeness (QED) is 0.673. The van der Waals surface area contributed by atoms with E-state index in [2.05, 4.69) is 15.5 Å². The Hall–Kier alpha value is -3.49. The van der Waals surface area contributed by atoms with Crippen LogP contribution in [0.3, 0.4) is 0 Å². The van der Waals surface area contributed by atoms with Gasteiger partial charge in [-0.15, -0.1) is 0 Å². The third kappa shape index (κ3) is 3.83. The summed E-state index contributed by atoms with van der Waals surface area (Å²) >= 11 is 0. The number of nitrogens with zero attached hydrogens (tertiary/aromatic N) is 4. The van der Waals surface area contributed by atoms with E-state index in [4.69, 9.17) is 4.52 Å². The normalized spacial score (nSPS) is 13.1. The van der Waals surface area contributed by atoms with E-state index in [1.54, 1.807) is 4.57 Å². The molecule has 2 aromatic heterocycles. The zero-order chi connectivity index (χ0) is 22.1. The van der Waals surface area contributed by atoms with Crippen LogP contribution in [0.2, 0.25) is 0 Å². The van der Waals surface area contributed by atoms with Gasteiger partial charge in [0.25, 0.3) is 5.56 Å². The fraction of sp³-hybridized carbons (Fsp3) is 0.409. The third-order valence-electron chi connectivity index (χ3n) is 5.62. The first-order chi connectivity index (χ1) is 14.9. The lowest BCUT2D eigenvalue weighted by Gasteiger charge is -2.21. The Morgan fingerprint density at radius 1 is 1.19 bits per heavy atom. The molecule has 1 N–H and O–H groups in total. The van der Waals surface area contributed by atoms with Crippen molar-refractivity contribution in [2.24, 2.45) is 0 Å². The molecule has 0 radical (unpaired) electrons. The number of nitrogens with one attached hydrogen (secondary N) is 1. The van der Waals surface area contributed by atoms with Crippen LogP contribution in [0.25, 0.3) is 11.4 Å². The molecule has 3 aromatic rings. The SMILES string of the molecule is CCc1nc(-c2c3n(c(=O)n(CC(=O)Nc4c(C)cccc4C)c2=O)CCCC3)no1. The van der Waals surface area contributed by atoms with E-state index in [1.807, 2.05) is 39.0 Å². The Kier molecular flexibility index (Phi) is 5.58. The van der Waals surface area contributed by atoms with Gasteiger partial charge in [-0.25, -0.2) is 4.79 Å². The summed E-state index contributed by atoms with van der Waals surface area (Å²) < 4.78 is 7.73. The van der Waals surface area contributed by atoms with E-state index in [9.17, 15) is 14.4 Å². The number of para-hydroxylation sites is 1. The van der Waals surface area contributed by atoms with Gasteiger partial charge in [0, 0.05) is 24.3 Å². The lowest BCUT2D eigenvalue weighted by atomic mass is 10.0. The fourth-order valence-electron chi connectivity index (χ4n) is 3.99. The van der Waals surface area contributed by atoms with Crippen LogP contribution < -0.4 is 16.6 Å². The van der Waals surface area contributed by atoms with Crippen molar-refractivity contribution in [3.8, 4) is 11.4 Å². The molecule has 0 bridgehead atoms. The molecule has 0 saturated heterocycles. The molecular weight excluding hydrogens is 398 g/mol. The van der Waals surface area contributed by atoms with E-state index in [1.165, 1.54) is 0 Å². The molecular formula is C22H25N5O4. The highest BCUT2D eigenvalue weighted by atomic mass is 16.5. The maximum atomic E-state index is 13.3. The van der Waals surface area contributed by atoms with Crippen molar-refractivity contribution in [2.45, 2.75) is 59.5 Å². The number of hydrogen-bond acceptors (Lipinski definition) is 6. The van der Waals surface area contributed by atoms with Crippen LogP contribution in [0.15, 0.2) is 32.3 Å². The molecule has 3 heterocycles. The number of fused-ring (bicyclic) bond motifs is 1. The Morgan fingerprint density at radius 3 is 2.61 bits per heavy atom. The van der Waals surface area contributed by atoms with Gasteiger partial charge in [0.2, 0.25) is 17.6 Å². The average Bonchev–Trinajstić information content (AvgIpc) is 3.23. The first-order valence-electron chi connectivity index (χ1n) is 10.5. The van der Waals surface area contributed by atoms with Gasteiger partial charge in [-0.3, -0.25) is 18.7 Å². The molecule has 1 amide bonds. The summed E-state index contributed by atoms with van der Waals surface area (Å²) in [7, 11) is 0. The zero-order valence-corrected chi connectivity index (χ0v) is 17.9. The minimum absolute atomic E-state index is 0.163. The Morgan fingerprint density at radius 2 is 1.94 bits per heavy atom. The highest BCUT2D eigenvalue weighted by Crippen LogP contribution is 2.22. The molecule has 0 atom stereocenters. The predicted molar refractivity (Wildman–Crippen MR) is 115 cm³/mol. The van der Waals surface area contributed by atoms with Gasteiger partial charge < -0.3 is 9.84 Å². The number of aromatic nitrogens is 4. The number of amides is 1. The predicted octanol–water partition coefficient (Wildman–Crippen LogP) is 2.21. The second kappa shape index (κ2) is 8.33. The molecule has 1 aliphatic heterocycles. The van der Waals surface area contributed by atoms with E-state index in [-0.39, 0.29) is 11.4 Å². The molecule has 1 aromatic carbocycles. The van der Waals surface area contributed by atoms with Crippen LogP contribution in [-0.4, -0.2) is 25.2 Å². The maximum absolute atomic E-state index is 13.3. The molecule has 0 fully saturated rings. The number of rotatable bonds is 5. The fourth-order valence-corrected chi connectivity index (χ4v) is 3.99. The molecule has 0 unspecified atom stereocenters. The van der Waals surface area contributed by atoms with Gasteiger partial charge in [-0.1, -0.05) is 30.3 Å². The van der Waals surface area contributed by atoms with Crippen molar-refractivity contribution in [1.82, 2.24) is 19.3 Å². The van der Waals surface area contributed by atoms with E-state index in [0.717, 1.165) is 28.5 Å². The van der Waals surface area contributed by atoms with Crippen molar-refractivity contribution in [2.75, 3.05) is 5.32 Å². The highest BCUT2D eigenvalue weighted by molar-refractivity contribution is 5.92. The zero-order valence-electron chi connectivity index (χ0n) is 17.9. The average molecular weight is 423 g/mol. The minimum atomic E-state index is -0.571. The van der Waals surface area contributed by atoms with Gasteiger partial charge in [0.05, 0.1) is 0 Å². The summed E-state index contributed by atoms with van der Waals surface area (Å²) in [6, 6.07) is 5.69. The van der Waals surface area contributed by atoms with Crippen molar-refractivity contribution in [1.29, 1.82) is 0 Å². The summed E-state index contributed by atoms with van der Waals surface area (Å²) in [5, 5.41) is 6.79. The number of anilines is 1. The van der Waals surface area contributed by atoms with Gasteiger partial charge in [0.15, 0.2) is 0 Å². The van der Waals surface area contributed by atoms with Gasteiger partial charge in [-0.05, 0) is 44.2 Å². The lowest BCUT2D eigenvalue weighted by molar-refractivity contribution is -0.116. The molecule has 0 saturated carbocycles. The number of benzene rings is 1. The first kappa shape index (κ1) is 20.8. The Labute approximate surface area is 178 Å². The van der Waals surface area contributed by atoms with Gasteiger partial charge in [-0.2, -0.15) is 4.98 Å². The molecule has 162 valence electrons. The minimum Gasteiger partial charge on any atom is -0.339 e. The largest absolute Gasteiger partial charge is 0.339 e. The Balaban J connectivity index is 1.77. The molecule has 0 spiro atoms. The van der Waals surface area contributed by atoms with Crippen LogP contribution >= 0.6 is 0 Å². The van der Waals surface area contributed by atoms with Crippen LogP contribution in [0, 0.1) is 13.8 Å². The summed E-state index contributed by atoms with van der Waals surface area (Å²) in [6.45, 7) is 5.75. The topological polar surface area (TPSA) is 112 Å². The third-order valence-corrected chi connectivity index (χ3v) is 5.62. The number of carbonyl (C=O) groups excluding carboxylic acids is 1. The second-order valence-electron chi connectivity index (χ2n) is 7.78. The lowest BCUT2D eigenvalue weighted by Crippen LogP contribution is -2.45. The van der Waals surface area contributed by atoms with E-state index in [0.29, 0.717) is 36.7 Å². The van der Waals surface area contributed by atoms with E-state index < -0.39 is 23.7 Å². The van der Waals surface area contributed by atoms with Crippen LogP contribution in [0.1, 0.15) is 42.5 Å². The van der Waals surface area contributed by atoms with Crippen molar-refractivity contribution >= 4 is 11.6 Å². The first-order valence-corrected chi connectivity index (χ1v) is 10.5. The number of carbonyl (C=O) groups is 1. The molecule has 4 rings (SSSR count). The molecule has 1 aliphatic rings. The van der Waals surface area contributed by atoms with Crippen molar-refractivity contribution < 1.29 is 9.32 Å². The smallest absolute Gasteiger partial charge is 0.331 e. The highest BCUT2D eigenvalue weighted by Gasteiger charge is 2.26. The van der Waals surface area contributed by atoms with Crippen LogP contribution in [-0.2, 0) is 30.7 Å². The summed E-state index contributed by atoms with van der Waals surface area (Å²) in [6.07, 6.45) is 2.80. The standard InChI is InChI=1S/C22H25N5O4/c1-4-17-24-20(25-31-17)18-15-10-5-6-11-26(15)22(30)27(21(18)29)12-16(28)23-19-13(2)8-7-9-14(19)3/h7-9H,4-6,10-12H2,1-3H3,(H,23,28). The van der Waals surface area contributed by atoms with Crippen molar-refractivity contribution in [3.63, 3.8) is 0 Å². The Bertz CT molecular complexity index is 1250. The second-order valence-corrected chi connectivity index (χ2v) is 7.78. The monoisotopic (exact) mass is 423 g/mol. The van der Waals surface area contributed by atoms with Gasteiger partial charge >= 0.3 is 5.69 Å². The van der Waals surface area contributed by atoms with E-state index >= 15 is 0 Å².